The van der Waals surface area contributed by atoms with Crippen molar-refractivity contribution in [2.45, 2.75) is 38.5 Å². The lowest BCUT2D eigenvalue weighted by atomic mass is 9.93. The third kappa shape index (κ3) is 3.13. The Morgan fingerprint density at radius 3 is 2.34 bits per heavy atom. The van der Waals surface area contributed by atoms with Crippen molar-refractivity contribution in [3.05, 3.63) is 29.3 Å². The zero-order valence-corrected chi connectivity index (χ0v) is 16.3. The van der Waals surface area contributed by atoms with E-state index >= 15 is 0 Å². The molecule has 1 aromatic carbocycles. The average Bonchev–Trinajstić information content (AvgIpc) is 3.01. The highest BCUT2D eigenvalue weighted by atomic mass is 16.5. The first-order valence-corrected chi connectivity index (χ1v) is 10.4. The van der Waals surface area contributed by atoms with Gasteiger partial charge in [-0.05, 0) is 62.6 Å². The highest BCUT2D eigenvalue weighted by Crippen LogP contribution is 2.40. The molecule has 0 bridgehead atoms. The van der Waals surface area contributed by atoms with Gasteiger partial charge in [0.15, 0.2) is 6.61 Å². The van der Waals surface area contributed by atoms with E-state index in [2.05, 4.69) is 0 Å². The molecular weight excluding hydrogens is 372 g/mol. The van der Waals surface area contributed by atoms with Crippen molar-refractivity contribution in [1.29, 1.82) is 0 Å². The highest BCUT2D eigenvalue weighted by molar-refractivity contribution is 6.33. The number of hydrogen-bond acceptors (Lipinski definition) is 5. The van der Waals surface area contributed by atoms with Crippen molar-refractivity contribution in [1.82, 2.24) is 0 Å². The van der Waals surface area contributed by atoms with Gasteiger partial charge < -0.3 is 14.4 Å². The van der Waals surface area contributed by atoms with Gasteiger partial charge in [0.05, 0.1) is 11.4 Å². The smallest absolute Gasteiger partial charge is 0.265 e. The second-order valence-electron chi connectivity index (χ2n) is 8.11. The number of anilines is 2. The molecule has 5 rings (SSSR count). The van der Waals surface area contributed by atoms with E-state index in [1.807, 2.05) is 0 Å². The number of fused-ring (bicyclic) bond motifs is 1. The van der Waals surface area contributed by atoms with Crippen LogP contribution >= 0.6 is 0 Å². The fourth-order valence-electron chi connectivity index (χ4n) is 4.69. The Labute approximate surface area is 169 Å². The molecule has 3 amide bonds. The van der Waals surface area contributed by atoms with Gasteiger partial charge in [-0.2, -0.15) is 0 Å². The van der Waals surface area contributed by atoms with Gasteiger partial charge >= 0.3 is 0 Å². The van der Waals surface area contributed by atoms with Gasteiger partial charge in [-0.15, -0.1) is 0 Å². The van der Waals surface area contributed by atoms with Crippen LogP contribution in [-0.4, -0.2) is 44.1 Å². The van der Waals surface area contributed by atoms with Crippen LogP contribution in [0.25, 0.3) is 0 Å². The van der Waals surface area contributed by atoms with E-state index in [1.165, 1.54) is 4.90 Å². The average molecular weight is 396 g/mol. The van der Waals surface area contributed by atoms with E-state index < -0.39 is 0 Å². The molecule has 152 valence electrons. The van der Waals surface area contributed by atoms with Crippen molar-refractivity contribution in [3.63, 3.8) is 0 Å². The summed E-state index contributed by atoms with van der Waals surface area (Å²) < 4.78 is 11.0. The molecular formula is C22H24N2O5. The molecule has 0 saturated carbocycles. The number of rotatable bonds is 3. The molecule has 7 heteroatoms. The molecule has 29 heavy (non-hydrogen) atoms. The Morgan fingerprint density at radius 2 is 1.66 bits per heavy atom. The van der Waals surface area contributed by atoms with Crippen LogP contribution in [0.2, 0.25) is 0 Å². The van der Waals surface area contributed by atoms with Crippen LogP contribution in [0.5, 0.6) is 5.75 Å². The third-order valence-corrected chi connectivity index (χ3v) is 6.32. The van der Waals surface area contributed by atoms with Crippen LogP contribution in [0.3, 0.4) is 0 Å². The van der Waals surface area contributed by atoms with Gasteiger partial charge in [0, 0.05) is 30.9 Å². The monoisotopic (exact) mass is 396 g/mol. The van der Waals surface area contributed by atoms with E-state index in [-0.39, 0.29) is 24.3 Å². The molecule has 4 aliphatic rings. The Hall–Kier alpha value is -2.67. The van der Waals surface area contributed by atoms with E-state index in [0.717, 1.165) is 25.7 Å². The zero-order chi connectivity index (χ0) is 20.0. The Balaban J connectivity index is 1.46. The van der Waals surface area contributed by atoms with Gasteiger partial charge in [-0.25, -0.2) is 4.90 Å². The SMILES string of the molecule is O=C1COc2ccc(N3C(=O)C4=C(CCCC4)C3=O)cc2N1CC1CCOCC1. The van der Waals surface area contributed by atoms with E-state index in [0.29, 0.717) is 66.8 Å². The van der Waals surface area contributed by atoms with Gasteiger partial charge in [-0.1, -0.05) is 0 Å². The number of nitrogens with zero attached hydrogens (tertiary/aromatic N) is 2. The minimum absolute atomic E-state index is 0.00694. The van der Waals surface area contributed by atoms with Crippen LogP contribution < -0.4 is 14.5 Å². The van der Waals surface area contributed by atoms with E-state index in [9.17, 15) is 14.4 Å². The molecule has 1 saturated heterocycles. The maximum atomic E-state index is 12.9. The van der Waals surface area contributed by atoms with E-state index in [4.69, 9.17) is 9.47 Å². The summed E-state index contributed by atoms with van der Waals surface area (Å²) in [6.45, 7) is 2.03. The van der Waals surface area contributed by atoms with E-state index in [1.54, 1.807) is 23.1 Å². The second kappa shape index (κ2) is 7.30. The summed E-state index contributed by atoms with van der Waals surface area (Å²) in [6, 6.07) is 5.24. The predicted octanol–water partition coefficient (Wildman–Crippen LogP) is 2.58. The summed E-state index contributed by atoms with van der Waals surface area (Å²) in [5.74, 6) is 0.438. The number of amides is 3. The largest absolute Gasteiger partial charge is 0.482 e. The molecule has 1 fully saturated rings. The van der Waals surface area contributed by atoms with Crippen molar-refractivity contribution in [2.75, 3.05) is 36.2 Å². The van der Waals surface area contributed by atoms with Gasteiger partial charge in [0.1, 0.15) is 5.75 Å². The van der Waals surface area contributed by atoms with Crippen LogP contribution in [0.15, 0.2) is 29.3 Å². The Bertz CT molecular complexity index is 888. The standard InChI is InChI=1S/C22H24N2O5/c25-20-13-29-19-6-5-15(11-18(19)23(20)12-14-7-9-28-10-8-14)24-21(26)16-3-1-2-4-17(16)22(24)27/h5-6,11,14H,1-4,7-10,12-13H2. The lowest BCUT2D eigenvalue weighted by molar-refractivity contribution is -0.122. The molecule has 1 aliphatic carbocycles. The lowest BCUT2D eigenvalue weighted by Crippen LogP contribution is -2.43. The maximum Gasteiger partial charge on any atom is 0.265 e. The highest BCUT2D eigenvalue weighted by Gasteiger charge is 2.40. The van der Waals surface area contributed by atoms with Crippen molar-refractivity contribution in [3.8, 4) is 5.75 Å². The Kier molecular flexibility index (Phi) is 4.62. The number of benzene rings is 1. The number of carbonyl (C=O) groups is 3. The summed E-state index contributed by atoms with van der Waals surface area (Å²) in [4.78, 5) is 41.4. The fraction of sp³-hybridized carbons (Fsp3) is 0.500. The normalized spacial score (nSPS) is 22.7. The first kappa shape index (κ1) is 18.4. The van der Waals surface area contributed by atoms with Crippen molar-refractivity contribution >= 4 is 29.1 Å². The minimum Gasteiger partial charge on any atom is -0.482 e. The molecule has 0 N–H and O–H groups in total. The Morgan fingerprint density at radius 1 is 0.966 bits per heavy atom. The summed E-state index contributed by atoms with van der Waals surface area (Å²) in [7, 11) is 0. The number of imide groups is 1. The molecule has 0 radical (unpaired) electrons. The van der Waals surface area contributed by atoms with Crippen LogP contribution in [0, 0.1) is 5.92 Å². The van der Waals surface area contributed by atoms with Gasteiger partial charge in [0.25, 0.3) is 17.7 Å². The van der Waals surface area contributed by atoms with Gasteiger partial charge in [0.2, 0.25) is 0 Å². The number of hydrogen-bond donors (Lipinski definition) is 0. The summed E-state index contributed by atoms with van der Waals surface area (Å²) >= 11 is 0. The first-order chi connectivity index (χ1) is 14.1. The third-order valence-electron chi connectivity index (χ3n) is 6.32. The quantitative estimate of drug-likeness (QED) is 0.734. The molecule has 0 spiro atoms. The molecule has 0 atom stereocenters. The minimum atomic E-state index is -0.219. The fourth-order valence-corrected chi connectivity index (χ4v) is 4.69. The van der Waals surface area contributed by atoms with Crippen molar-refractivity contribution < 1.29 is 23.9 Å². The summed E-state index contributed by atoms with van der Waals surface area (Å²) in [5, 5.41) is 0. The molecule has 0 aromatic heterocycles. The van der Waals surface area contributed by atoms with Crippen LogP contribution in [0.4, 0.5) is 11.4 Å². The molecule has 0 unspecified atom stereocenters. The first-order valence-electron chi connectivity index (χ1n) is 10.4. The number of ether oxygens (including phenoxy) is 2. The molecule has 1 aromatic rings. The van der Waals surface area contributed by atoms with Crippen LogP contribution in [0.1, 0.15) is 38.5 Å². The van der Waals surface area contributed by atoms with Crippen LogP contribution in [-0.2, 0) is 19.1 Å². The predicted molar refractivity (Wildman–Crippen MR) is 106 cm³/mol. The topological polar surface area (TPSA) is 76.2 Å². The second-order valence-corrected chi connectivity index (χ2v) is 8.11. The molecule has 7 nitrogen and oxygen atoms in total. The summed E-state index contributed by atoms with van der Waals surface area (Å²) in [5.41, 5.74) is 2.45. The van der Waals surface area contributed by atoms with Crippen molar-refractivity contribution in [2.24, 2.45) is 5.92 Å². The molecule has 3 heterocycles. The lowest BCUT2D eigenvalue weighted by Gasteiger charge is -2.34. The number of carbonyl (C=O) groups excluding carboxylic acids is 3. The van der Waals surface area contributed by atoms with Gasteiger partial charge in [-0.3, -0.25) is 14.4 Å². The zero-order valence-electron chi connectivity index (χ0n) is 16.3. The maximum absolute atomic E-state index is 12.9. The molecule has 3 aliphatic heterocycles. The summed E-state index contributed by atoms with van der Waals surface area (Å²) in [6.07, 6.45) is 5.05.